The van der Waals surface area contributed by atoms with Crippen LogP contribution >= 0.6 is 22.9 Å². The van der Waals surface area contributed by atoms with Crippen LogP contribution in [0.2, 0.25) is 5.02 Å². The van der Waals surface area contributed by atoms with Crippen LogP contribution in [0.4, 0.5) is 10.7 Å². The Morgan fingerprint density at radius 3 is 2.65 bits per heavy atom. The number of halogens is 1. The molecule has 0 radical (unpaired) electrons. The maximum absolute atomic E-state index is 12.3. The van der Waals surface area contributed by atoms with Gasteiger partial charge in [-0.15, -0.1) is 11.3 Å². The first-order chi connectivity index (χ1) is 17.8. The molecule has 1 aromatic heterocycles. The van der Waals surface area contributed by atoms with Crippen molar-refractivity contribution < 1.29 is 14.3 Å². The monoisotopic (exact) mass is 539 g/mol. The maximum Gasteiger partial charge on any atom is 0.262 e. The molecule has 0 spiro atoms. The van der Waals surface area contributed by atoms with Gasteiger partial charge in [-0.3, -0.25) is 4.79 Å². The van der Waals surface area contributed by atoms with E-state index in [1.54, 1.807) is 6.20 Å². The molecule has 1 atom stereocenters. The minimum absolute atomic E-state index is 0.197. The van der Waals surface area contributed by atoms with Crippen LogP contribution in [0.5, 0.6) is 11.5 Å². The van der Waals surface area contributed by atoms with E-state index in [9.17, 15) is 4.79 Å². The number of hydrogen-bond donors (Lipinski definition) is 1. The third-order valence-corrected chi connectivity index (χ3v) is 8.12. The summed E-state index contributed by atoms with van der Waals surface area (Å²) in [5.41, 5.74) is 8.66. The van der Waals surface area contributed by atoms with Crippen molar-refractivity contribution in [2.24, 2.45) is 5.73 Å². The standard InChI is InChI=1S/C29H34ClN3O3S/c1-5-20-11-12-22(36-21-13-15-32(4)16-14-21)17-25(20)33(6-2)27-18-26(28(37-27)29(31)34)35-19(3)23-9-7-8-10-24(23)30/h6-12,17-19,21H,2,5,13-16H2,1,3-4H3,(H2,31,34). The normalized spacial score (nSPS) is 15.2. The highest BCUT2D eigenvalue weighted by atomic mass is 35.5. The van der Waals surface area contributed by atoms with Crippen molar-refractivity contribution in [2.75, 3.05) is 25.0 Å². The van der Waals surface area contributed by atoms with Crippen LogP contribution in [0.1, 0.15) is 53.6 Å². The molecule has 0 aliphatic carbocycles. The topological polar surface area (TPSA) is 68.0 Å². The second-order valence-electron chi connectivity index (χ2n) is 9.24. The van der Waals surface area contributed by atoms with E-state index in [4.69, 9.17) is 26.8 Å². The molecule has 4 rings (SSSR count). The number of ether oxygens (including phenoxy) is 2. The van der Waals surface area contributed by atoms with Crippen LogP contribution in [0.25, 0.3) is 0 Å². The fraction of sp³-hybridized carbons (Fsp3) is 0.345. The van der Waals surface area contributed by atoms with Gasteiger partial charge < -0.3 is 25.0 Å². The van der Waals surface area contributed by atoms with Crippen molar-refractivity contribution >= 4 is 39.5 Å². The molecular weight excluding hydrogens is 506 g/mol. The molecule has 8 heteroatoms. The predicted molar refractivity (Wildman–Crippen MR) is 153 cm³/mol. The molecule has 1 aliphatic rings. The zero-order chi connectivity index (χ0) is 26.5. The minimum atomic E-state index is -0.545. The molecule has 1 unspecified atom stereocenters. The summed E-state index contributed by atoms with van der Waals surface area (Å²) in [6, 6.07) is 15.5. The molecule has 196 valence electrons. The Morgan fingerprint density at radius 1 is 1.27 bits per heavy atom. The average molecular weight is 540 g/mol. The lowest BCUT2D eigenvalue weighted by Gasteiger charge is -2.30. The molecule has 6 nitrogen and oxygen atoms in total. The van der Waals surface area contributed by atoms with Gasteiger partial charge in [-0.05, 0) is 50.9 Å². The highest BCUT2D eigenvalue weighted by Crippen LogP contribution is 2.43. The van der Waals surface area contributed by atoms with Crippen molar-refractivity contribution in [1.29, 1.82) is 0 Å². The molecule has 1 aliphatic heterocycles. The number of rotatable bonds is 10. The van der Waals surface area contributed by atoms with Crippen LogP contribution in [0.15, 0.2) is 61.3 Å². The lowest BCUT2D eigenvalue weighted by Crippen LogP contribution is -2.35. The Kier molecular flexibility index (Phi) is 8.79. The number of nitrogens with two attached hydrogens (primary N) is 1. The molecule has 3 aromatic rings. The molecule has 0 saturated carbocycles. The van der Waals surface area contributed by atoms with Crippen molar-refractivity contribution in [2.45, 2.75) is 45.3 Å². The van der Waals surface area contributed by atoms with Crippen LogP contribution in [-0.4, -0.2) is 37.0 Å². The van der Waals surface area contributed by atoms with Gasteiger partial charge in [0.2, 0.25) is 0 Å². The average Bonchev–Trinajstić information content (AvgIpc) is 3.30. The summed E-state index contributed by atoms with van der Waals surface area (Å²) < 4.78 is 12.6. The number of aryl methyl sites for hydroxylation is 1. The number of primary amides is 1. The number of hydrogen-bond acceptors (Lipinski definition) is 6. The summed E-state index contributed by atoms with van der Waals surface area (Å²) in [4.78, 5) is 17.0. The first-order valence-electron chi connectivity index (χ1n) is 12.5. The highest BCUT2D eigenvalue weighted by Gasteiger charge is 2.24. The largest absolute Gasteiger partial charge is 0.490 e. The summed E-state index contributed by atoms with van der Waals surface area (Å²) in [7, 11) is 2.14. The van der Waals surface area contributed by atoms with E-state index in [1.165, 1.54) is 11.3 Å². The van der Waals surface area contributed by atoms with E-state index in [0.29, 0.717) is 15.6 Å². The van der Waals surface area contributed by atoms with Gasteiger partial charge in [0.25, 0.3) is 5.91 Å². The quantitative estimate of drug-likeness (QED) is 0.301. The van der Waals surface area contributed by atoms with Crippen LogP contribution in [0, 0.1) is 0 Å². The Balaban J connectivity index is 1.64. The van der Waals surface area contributed by atoms with Crippen molar-refractivity contribution in [1.82, 2.24) is 4.90 Å². The van der Waals surface area contributed by atoms with Crippen LogP contribution < -0.4 is 20.1 Å². The summed E-state index contributed by atoms with van der Waals surface area (Å²) >= 11 is 7.64. The highest BCUT2D eigenvalue weighted by molar-refractivity contribution is 7.18. The zero-order valence-corrected chi connectivity index (χ0v) is 23.1. The van der Waals surface area contributed by atoms with Crippen LogP contribution in [0.3, 0.4) is 0 Å². The van der Waals surface area contributed by atoms with Gasteiger partial charge in [0.05, 0.1) is 5.69 Å². The van der Waals surface area contributed by atoms with Gasteiger partial charge in [0.15, 0.2) is 0 Å². The predicted octanol–water partition coefficient (Wildman–Crippen LogP) is 6.96. The number of piperidine rings is 1. The van der Waals surface area contributed by atoms with Crippen molar-refractivity contribution in [3.05, 3.63) is 82.3 Å². The third kappa shape index (κ3) is 6.29. The second kappa shape index (κ2) is 12.0. The SMILES string of the molecule is C=CN(c1cc(OC(C)c2ccccc2Cl)c(C(N)=O)s1)c1cc(OC2CCN(C)CC2)ccc1CC. The van der Waals surface area contributed by atoms with Gasteiger partial charge in [-0.2, -0.15) is 0 Å². The molecule has 2 N–H and O–H groups in total. The molecule has 37 heavy (non-hydrogen) atoms. The van der Waals surface area contributed by atoms with Gasteiger partial charge >= 0.3 is 0 Å². The Hall–Kier alpha value is -3.00. The maximum atomic E-state index is 12.3. The summed E-state index contributed by atoms with van der Waals surface area (Å²) in [6.45, 7) is 10.1. The number of amides is 1. The first-order valence-corrected chi connectivity index (χ1v) is 13.7. The Morgan fingerprint density at radius 2 is 2.00 bits per heavy atom. The number of carbonyl (C=O) groups is 1. The molecule has 2 heterocycles. The number of anilines is 2. The van der Waals surface area contributed by atoms with E-state index in [1.807, 2.05) is 48.2 Å². The van der Waals surface area contributed by atoms with Gasteiger partial charge in [0, 0.05) is 42.0 Å². The molecule has 1 amide bonds. The molecule has 2 aromatic carbocycles. The minimum Gasteiger partial charge on any atom is -0.490 e. The molecule has 1 saturated heterocycles. The Labute approximate surface area is 228 Å². The summed E-state index contributed by atoms with van der Waals surface area (Å²) in [6.07, 6.45) is 4.40. The summed E-state index contributed by atoms with van der Waals surface area (Å²) in [5, 5.41) is 1.38. The third-order valence-electron chi connectivity index (χ3n) is 6.64. The van der Waals surface area contributed by atoms with E-state index < -0.39 is 5.91 Å². The van der Waals surface area contributed by atoms with E-state index >= 15 is 0 Å². The van der Waals surface area contributed by atoms with E-state index in [2.05, 4.69) is 37.6 Å². The fourth-order valence-corrected chi connectivity index (χ4v) is 5.79. The lowest BCUT2D eigenvalue weighted by molar-refractivity contribution is 0.0998. The first kappa shape index (κ1) is 27.0. The number of benzene rings is 2. The molecule has 1 fully saturated rings. The number of nitrogens with zero attached hydrogens (tertiary/aromatic N) is 2. The number of likely N-dealkylation sites (tertiary alicyclic amines) is 1. The Bertz CT molecular complexity index is 1250. The number of carbonyl (C=O) groups excluding carboxylic acids is 1. The van der Waals surface area contributed by atoms with Crippen LogP contribution in [-0.2, 0) is 6.42 Å². The van der Waals surface area contributed by atoms with E-state index in [0.717, 1.165) is 59.9 Å². The summed E-state index contributed by atoms with van der Waals surface area (Å²) in [5.74, 6) is 0.698. The van der Waals surface area contributed by atoms with Gasteiger partial charge in [-0.25, -0.2) is 0 Å². The van der Waals surface area contributed by atoms with E-state index in [-0.39, 0.29) is 12.2 Å². The smallest absolute Gasteiger partial charge is 0.262 e. The van der Waals surface area contributed by atoms with Crippen molar-refractivity contribution in [3.63, 3.8) is 0 Å². The van der Waals surface area contributed by atoms with Gasteiger partial charge in [-0.1, -0.05) is 49.4 Å². The molecular formula is C29H34ClN3O3S. The van der Waals surface area contributed by atoms with Gasteiger partial charge in [0.1, 0.15) is 33.6 Å². The number of thiophene rings is 1. The van der Waals surface area contributed by atoms with Crippen molar-refractivity contribution in [3.8, 4) is 11.5 Å². The lowest BCUT2D eigenvalue weighted by atomic mass is 10.1. The molecule has 0 bridgehead atoms. The fourth-order valence-electron chi connectivity index (χ4n) is 4.54. The second-order valence-corrected chi connectivity index (χ2v) is 10.7. The zero-order valence-electron chi connectivity index (χ0n) is 21.6.